The SMILES string of the molecule is CC(=O)OC[C@]1(C)C2CC[C@@]3(CO)c4cocc4CCC3[C@@]2(C)CC(=O)[C@H]1OC(C)=O. The lowest BCUT2D eigenvalue weighted by atomic mass is 9.39. The second-order valence-corrected chi connectivity index (χ2v) is 10.2. The van der Waals surface area contributed by atoms with Crippen molar-refractivity contribution in [3.8, 4) is 0 Å². The fourth-order valence-corrected chi connectivity index (χ4v) is 7.38. The summed E-state index contributed by atoms with van der Waals surface area (Å²) >= 11 is 0. The molecule has 7 nitrogen and oxygen atoms in total. The summed E-state index contributed by atoms with van der Waals surface area (Å²) in [6, 6.07) is 0. The second-order valence-electron chi connectivity index (χ2n) is 10.2. The van der Waals surface area contributed by atoms with Gasteiger partial charge in [-0.2, -0.15) is 0 Å². The van der Waals surface area contributed by atoms with E-state index in [1.165, 1.54) is 13.8 Å². The van der Waals surface area contributed by atoms with Gasteiger partial charge < -0.3 is 19.0 Å². The van der Waals surface area contributed by atoms with Crippen molar-refractivity contribution in [3.63, 3.8) is 0 Å². The largest absolute Gasteiger partial charge is 0.472 e. The minimum Gasteiger partial charge on any atom is -0.472 e. The Bertz CT molecular complexity index is 903. The monoisotopic (exact) mass is 432 g/mol. The summed E-state index contributed by atoms with van der Waals surface area (Å²) in [5.41, 5.74) is 0.471. The van der Waals surface area contributed by atoms with Crippen LogP contribution in [0.4, 0.5) is 0 Å². The van der Waals surface area contributed by atoms with E-state index in [-0.39, 0.29) is 37.3 Å². The summed E-state index contributed by atoms with van der Waals surface area (Å²) in [5, 5.41) is 10.6. The molecule has 7 heteroatoms. The van der Waals surface area contributed by atoms with Crippen molar-refractivity contribution in [1.82, 2.24) is 0 Å². The second kappa shape index (κ2) is 7.47. The van der Waals surface area contributed by atoms with Crippen LogP contribution in [0.2, 0.25) is 0 Å². The Hall–Kier alpha value is -2.15. The quantitative estimate of drug-likeness (QED) is 0.730. The van der Waals surface area contributed by atoms with Crippen LogP contribution in [0, 0.1) is 22.7 Å². The van der Waals surface area contributed by atoms with Crippen molar-refractivity contribution in [2.75, 3.05) is 13.2 Å². The average Bonchev–Trinajstić information content (AvgIpc) is 3.19. The maximum absolute atomic E-state index is 13.4. The van der Waals surface area contributed by atoms with E-state index in [0.29, 0.717) is 0 Å². The molecule has 2 unspecified atom stereocenters. The molecule has 0 spiro atoms. The standard InChI is InChI=1S/C24H32O7/c1-14(26)30-13-23(4)19-7-8-24(12-25)17-11-29-10-16(17)5-6-20(24)22(19,3)9-18(28)21(23)31-15(2)27/h10-11,19-21,25H,5-9,12-13H2,1-4H3/t19?,20?,21-,22+,23-,24-/m1/s1. The number of rotatable bonds is 4. The number of Topliss-reactive ketones (excluding diaryl/α,β-unsaturated/α-hetero) is 1. The van der Waals surface area contributed by atoms with Gasteiger partial charge in [0.1, 0.15) is 6.61 Å². The summed E-state index contributed by atoms with van der Waals surface area (Å²) in [7, 11) is 0. The number of hydrogen-bond acceptors (Lipinski definition) is 7. The number of esters is 2. The number of aliphatic hydroxyl groups excluding tert-OH is 1. The van der Waals surface area contributed by atoms with Crippen LogP contribution >= 0.6 is 0 Å². The minimum absolute atomic E-state index is 0.00522. The van der Waals surface area contributed by atoms with Crippen LogP contribution in [0.25, 0.3) is 0 Å². The summed E-state index contributed by atoms with van der Waals surface area (Å²) < 4.78 is 16.5. The van der Waals surface area contributed by atoms with E-state index in [1.807, 2.05) is 6.92 Å². The van der Waals surface area contributed by atoms with Crippen LogP contribution in [0.5, 0.6) is 0 Å². The fourth-order valence-electron chi connectivity index (χ4n) is 7.38. The van der Waals surface area contributed by atoms with Crippen LogP contribution in [0.15, 0.2) is 16.9 Å². The highest BCUT2D eigenvalue weighted by Gasteiger charge is 2.67. The van der Waals surface area contributed by atoms with E-state index in [4.69, 9.17) is 13.9 Å². The predicted molar refractivity (Wildman–Crippen MR) is 110 cm³/mol. The summed E-state index contributed by atoms with van der Waals surface area (Å²) in [6.45, 7) is 6.68. The van der Waals surface area contributed by atoms with Gasteiger partial charge in [0.25, 0.3) is 0 Å². The first-order chi connectivity index (χ1) is 14.6. The lowest BCUT2D eigenvalue weighted by molar-refractivity contribution is -0.206. The molecule has 1 aromatic heterocycles. The molecule has 0 aliphatic heterocycles. The number of furan rings is 1. The molecule has 1 aromatic rings. The Morgan fingerprint density at radius 1 is 1.16 bits per heavy atom. The van der Waals surface area contributed by atoms with Gasteiger partial charge in [0.05, 0.1) is 19.1 Å². The third-order valence-corrected chi connectivity index (χ3v) is 8.51. The number of carbonyl (C=O) groups excluding carboxylic acids is 3. The molecule has 0 saturated heterocycles. The topological polar surface area (TPSA) is 103 Å². The molecule has 2 saturated carbocycles. The zero-order valence-corrected chi connectivity index (χ0v) is 18.7. The highest BCUT2D eigenvalue weighted by molar-refractivity contribution is 5.88. The van der Waals surface area contributed by atoms with Crippen LogP contribution in [-0.2, 0) is 35.7 Å². The molecule has 2 fully saturated rings. The Balaban J connectivity index is 1.80. The predicted octanol–water partition coefficient (Wildman–Crippen LogP) is 2.96. The fraction of sp³-hybridized carbons (Fsp3) is 0.708. The number of ether oxygens (including phenoxy) is 2. The maximum atomic E-state index is 13.4. The third kappa shape index (κ3) is 3.15. The van der Waals surface area contributed by atoms with Crippen molar-refractivity contribution in [2.24, 2.45) is 22.7 Å². The van der Waals surface area contributed by atoms with Crippen LogP contribution in [-0.4, -0.2) is 42.1 Å². The van der Waals surface area contributed by atoms with E-state index < -0.39 is 34.3 Å². The normalized spacial score (nSPS) is 39.1. The molecule has 31 heavy (non-hydrogen) atoms. The molecular formula is C24H32O7. The lowest BCUT2D eigenvalue weighted by Crippen LogP contribution is -2.66. The van der Waals surface area contributed by atoms with Gasteiger partial charge in [0, 0.05) is 36.7 Å². The zero-order valence-electron chi connectivity index (χ0n) is 18.7. The van der Waals surface area contributed by atoms with E-state index in [1.54, 1.807) is 12.5 Å². The van der Waals surface area contributed by atoms with E-state index in [9.17, 15) is 19.5 Å². The highest BCUT2D eigenvalue weighted by Crippen LogP contribution is 2.66. The van der Waals surface area contributed by atoms with Crippen molar-refractivity contribution in [1.29, 1.82) is 0 Å². The van der Waals surface area contributed by atoms with Crippen molar-refractivity contribution in [2.45, 2.75) is 71.3 Å². The van der Waals surface area contributed by atoms with Gasteiger partial charge in [-0.15, -0.1) is 0 Å². The molecule has 3 aliphatic carbocycles. The molecule has 1 heterocycles. The molecule has 0 amide bonds. The first kappa shape index (κ1) is 22.1. The van der Waals surface area contributed by atoms with Gasteiger partial charge in [0.15, 0.2) is 11.9 Å². The van der Waals surface area contributed by atoms with Gasteiger partial charge in [-0.05, 0) is 48.5 Å². The summed E-state index contributed by atoms with van der Waals surface area (Å²) in [4.78, 5) is 36.9. The number of carbonyl (C=O) groups is 3. The molecule has 4 rings (SSSR count). The van der Waals surface area contributed by atoms with Gasteiger partial charge in [-0.3, -0.25) is 14.4 Å². The first-order valence-corrected chi connectivity index (χ1v) is 11.1. The zero-order chi connectivity index (χ0) is 22.6. The third-order valence-electron chi connectivity index (χ3n) is 8.51. The Morgan fingerprint density at radius 2 is 1.90 bits per heavy atom. The minimum atomic E-state index is -0.947. The molecule has 6 atom stereocenters. The van der Waals surface area contributed by atoms with Crippen LogP contribution in [0.1, 0.15) is 64.5 Å². The number of aliphatic hydroxyl groups is 1. The highest BCUT2D eigenvalue weighted by atomic mass is 16.6. The molecular weight excluding hydrogens is 400 g/mol. The number of hydrogen-bond donors (Lipinski definition) is 1. The van der Waals surface area contributed by atoms with Gasteiger partial charge >= 0.3 is 11.9 Å². The van der Waals surface area contributed by atoms with E-state index >= 15 is 0 Å². The average molecular weight is 433 g/mol. The van der Waals surface area contributed by atoms with Crippen molar-refractivity contribution in [3.05, 3.63) is 23.7 Å². The molecule has 170 valence electrons. The number of fused-ring (bicyclic) bond motifs is 5. The molecule has 0 radical (unpaired) electrons. The van der Waals surface area contributed by atoms with Crippen molar-refractivity contribution >= 4 is 17.7 Å². The van der Waals surface area contributed by atoms with E-state index in [0.717, 1.165) is 36.8 Å². The Kier molecular flexibility index (Phi) is 5.31. The van der Waals surface area contributed by atoms with E-state index in [2.05, 4.69) is 6.92 Å². The number of aryl methyl sites for hydroxylation is 1. The molecule has 0 aromatic carbocycles. The Morgan fingerprint density at radius 3 is 2.55 bits per heavy atom. The van der Waals surface area contributed by atoms with Crippen molar-refractivity contribution < 1.29 is 33.4 Å². The van der Waals surface area contributed by atoms with Gasteiger partial charge in [-0.1, -0.05) is 13.8 Å². The number of ketones is 1. The summed E-state index contributed by atoms with van der Waals surface area (Å²) in [6.07, 6.45) is 5.98. The van der Waals surface area contributed by atoms with Gasteiger partial charge in [-0.25, -0.2) is 0 Å². The maximum Gasteiger partial charge on any atom is 0.303 e. The smallest absolute Gasteiger partial charge is 0.303 e. The molecule has 1 N–H and O–H groups in total. The van der Waals surface area contributed by atoms with Gasteiger partial charge in [0.2, 0.25) is 0 Å². The van der Waals surface area contributed by atoms with Crippen LogP contribution in [0.3, 0.4) is 0 Å². The summed E-state index contributed by atoms with van der Waals surface area (Å²) in [5.74, 6) is -1.04. The van der Waals surface area contributed by atoms with Crippen LogP contribution < -0.4 is 0 Å². The molecule has 0 bridgehead atoms. The molecule has 3 aliphatic rings. The Labute approximate surface area is 182 Å². The lowest BCUT2D eigenvalue weighted by Gasteiger charge is -2.64. The first-order valence-electron chi connectivity index (χ1n) is 11.1.